The summed E-state index contributed by atoms with van der Waals surface area (Å²) >= 11 is 0. The van der Waals surface area contributed by atoms with Crippen molar-refractivity contribution in [1.29, 1.82) is 0 Å². The van der Waals surface area contributed by atoms with Crippen molar-refractivity contribution in [3.8, 4) is 0 Å². The van der Waals surface area contributed by atoms with Crippen LogP contribution in [0.4, 0.5) is 0 Å². The zero-order chi connectivity index (χ0) is 22.4. The number of piperazine rings is 1. The highest BCUT2D eigenvalue weighted by Gasteiger charge is 2.15. The van der Waals surface area contributed by atoms with Crippen molar-refractivity contribution in [3.63, 3.8) is 0 Å². The van der Waals surface area contributed by atoms with Gasteiger partial charge < -0.3 is 31.5 Å². The van der Waals surface area contributed by atoms with Gasteiger partial charge in [0.2, 0.25) is 0 Å². The molecular weight excluding hydrogens is 374 g/mol. The number of nitrogens with two attached hydrogens (primary N) is 1. The summed E-state index contributed by atoms with van der Waals surface area (Å²) in [6.07, 6.45) is -1.56. The van der Waals surface area contributed by atoms with E-state index in [9.17, 15) is 20.4 Å². The summed E-state index contributed by atoms with van der Waals surface area (Å²) in [7, 11) is 0. The fraction of sp³-hybridized carbons (Fsp3) is 1.00. The van der Waals surface area contributed by atoms with Gasteiger partial charge in [0.05, 0.1) is 30.6 Å². The maximum atomic E-state index is 9.47. The Hall–Kier alpha value is -0.360. The van der Waals surface area contributed by atoms with Crippen LogP contribution in [0.25, 0.3) is 0 Å². The van der Waals surface area contributed by atoms with Gasteiger partial charge in [0.25, 0.3) is 0 Å². The normalized spacial score (nSPS) is 20.7. The SMILES string of the molecule is CC(N)N1CCNCC1.CC(O)CN(CCN(CC(C)O)CC(C)O)CC(C)O. The minimum Gasteiger partial charge on any atom is -0.392 e. The smallest absolute Gasteiger partial charge is 0.0639 e. The lowest BCUT2D eigenvalue weighted by Gasteiger charge is -2.30. The van der Waals surface area contributed by atoms with Crippen LogP contribution in [0.2, 0.25) is 0 Å². The summed E-state index contributed by atoms with van der Waals surface area (Å²) in [6.45, 7) is 16.6. The molecule has 1 rings (SSSR count). The molecule has 1 heterocycles. The molecule has 0 aromatic carbocycles. The van der Waals surface area contributed by atoms with Crippen LogP contribution < -0.4 is 11.1 Å². The largest absolute Gasteiger partial charge is 0.392 e. The van der Waals surface area contributed by atoms with Crippen molar-refractivity contribution in [2.75, 3.05) is 65.4 Å². The summed E-state index contributed by atoms with van der Waals surface area (Å²) in [5.41, 5.74) is 5.67. The van der Waals surface area contributed by atoms with Crippen LogP contribution in [-0.2, 0) is 0 Å². The summed E-state index contributed by atoms with van der Waals surface area (Å²) < 4.78 is 0. The van der Waals surface area contributed by atoms with Gasteiger partial charge in [-0.15, -0.1) is 0 Å². The lowest BCUT2D eigenvalue weighted by Crippen LogP contribution is -2.50. The van der Waals surface area contributed by atoms with Gasteiger partial charge in [-0.25, -0.2) is 0 Å². The third-order valence-electron chi connectivity index (χ3n) is 4.55. The summed E-state index contributed by atoms with van der Waals surface area (Å²) in [5, 5.41) is 41.2. The van der Waals surface area contributed by atoms with E-state index >= 15 is 0 Å². The Morgan fingerprint density at radius 1 is 0.724 bits per heavy atom. The van der Waals surface area contributed by atoms with E-state index in [0.717, 1.165) is 26.2 Å². The predicted octanol–water partition coefficient (Wildman–Crippen LogP) is -1.69. The number of hydrogen-bond donors (Lipinski definition) is 6. The zero-order valence-corrected chi connectivity index (χ0v) is 19.2. The van der Waals surface area contributed by atoms with E-state index in [1.54, 1.807) is 27.7 Å². The van der Waals surface area contributed by atoms with E-state index in [2.05, 4.69) is 10.2 Å². The van der Waals surface area contributed by atoms with Crippen LogP contribution in [0.1, 0.15) is 34.6 Å². The molecule has 29 heavy (non-hydrogen) atoms. The first-order chi connectivity index (χ1) is 13.5. The van der Waals surface area contributed by atoms with Gasteiger partial charge in [-0.3, -0.25) is 14.7 Å². The van der Waals surface area contributed by atoms with Gasteiger partial charge in [-0.05, 0) is 34.6 Å². The van der Waals surface area contributed by atoms with Crippen molar-refractivity contribution in [2.24, 2.45) is 5.73 Å². The van der Waals surface area contributed by atoms with Crippen LogP contribution in [0.5, 0.6) is 0 Å². The molecule has 9 heteroatoms. The molecule has 1 fully saturated rings. The van der Waals surface area contributed by atoms with E-state index in [0.29, 0.717) is 39.3 Å². The van der Waals surface area contributed by atoms with E-state index in [-0.39, 0.29) is 6.17 Å². The van der Waals surface area contributed by atoms with Gasteiger partial charge in [-0.1, -0.05) is 0 Å². The minimum absolute atomic E-state index is 0.229. The first-order valence-electron chi connectivity index (χ1n) is 10.9. The molecular formula is C20H47N5O4. The standard InChI is InChI=1S/C14H32N2O4.C6H15N3/c1-11(17)7-15(8-12(2)18)5-6-16(9-13(3)19)10-14(4)20;1-6(7)9-4-2-8-3-5-9/h11-14,17-20H,5-10H2,1-4H3;6,8H,2-5,7H2,1H3. The van der Waals surface area contributed by atoms with Crippen molar-refractivity contribution in [3.05, 3.63) is 0 Å². The van der Waals surface area contributed by atoms with Crippen LogP contribution in [0, 0.1) is 0 Å². The number of aliphatic hydroxyl groups excluding tert-OH is 4. The molecule has 5 atom stereocenters. The molecule has 0 aliphatic carbocycles. The number of hydrogen-bond acceptors (Lipinski definition) is 9. The highest BCUT2D eigenvalue weighted by molar-refractivity contribution is 4.71. The molecule has 0 amide bonds. The number of aliphatic hydroxyl groups is 4. The summed E-state index contributed by atoms with van der Waals surface area (Å²) in [6, 6.07) is 0. The molecule has 1 aliphatic heterocycles. The van der Waals surface area contributed by atoms with Crippen LogP contribution in [0.15, 0.2) is 0 Å². The van der Waals surface area contributed by atoms with Crippen LogP contribution >= 0.6 is 0 Å². The van der Waals surface area contributed by atoms with Crippen molar-refractivity contribution < 1.29 is 20.4 Å². The van der Waals surface area contributed by atoms with E-state index < -0.39 is 24.4 Å². The quantitative estimate of drug-likeness (QED) is 0.219. The molecule has 0 bridgehead atoms. The van der Waals surface area contributed by atoms with Crippen LogP contribution in [0.3, 0.4) is 0 Å². The summed E-state index contributed by atoms with van der Waals surface area (Å²) in [5.74, 6) is 0. The van der Waals surface area contributed by atoms with Crippen molar-refractivity contribution in [2.45, 2.75) is 65.2 Å². The Bertz CT molecular complexity index is 334. The topological polar surface area (TPSA) is 129 Å². The molecule has 1 aliphatic rings. The first kappa shape index (κ1) is 28.6. The Morgan fingerprint density at radius 3 is 1.24 bits per heavy atom. The van der Waals surface area contributed by atoms with Crippen molar-refractivity contribution >= 4 is 0 Å². The van der Waals surface area contributed by atoms with Gasteiger partial charge in [0.1, 0.15) is 0 Å². The number of nitrogens with one attached hydrogen (secondary N) is 1. The Labute approximate surface area is 177 Å². The Balaban J connectivity index is 0.000000717. The second kappa shape index (κ2) is 16.3. The molecule has 1 saturated heterocycles. The second-order valence-electron chi connectivity index (χ2n) is 8.44. The van der Waals surface area contributed by atoms with Crippen molar-refractivity contribution in [1.82, 2.24) is 20.0 Å². The van der Waals surface area contributed by atoms with E-state index in [1.165, 1.54) is 0 Å². The lowest BCUT2D eigenvalue weighted by atomic mass is 10.2. The maximum absolute atomic E-state index is 9.47. The summed E-state index contributed by atoms with van der Waals surface area (Å²) in [4.78, 5) is 6.26. The third kappa shape index (κ3) is 17.1. The Kier molecular flexibility index (Phi) is 16.1. The van der Waals surface area contributed by atoms with Crippen LogP contribution in [-0.4, -0.2) is 131 Å². The van der Waals surface area contributed by atoms with Gasteiger partial charge >= 0.3 is 0 Å². The Morgan fingerprint density at radius 2 is 1.03 bits per heavy atom. The molecule has 0 aromatic rings. The highest BCUT2D eigenvalue weighted by atomic mass is 16.3. The molecule has 0 spiro atoms. The fourth-order valence-electron chi connectivity index (χ4n) is 3.38. The predicted molar refractivity (Wildman–Crippen MR) is 118 cm³/mol. The first-order valence-corrected chi connectivity index (χ1v) is 10.9. The fourth-order valence-corrected chi connectivity index (χ4v) is 3.38. The number of nitrogens with zero attached hydrogens (tertiary/aromatic N) is 3. The molecule has 9 nitrogen and oxygen atoms in total. The maximum Gasteiger partial charge on any atom is 0.0639 e. The molecule has 0 saturated carbocycles. The molecule has 176 valence electrons. The minimum atomic E-state index is -0.448. The second-order valence-corrected chi connectivity index (χ2v) is 8.44. The molecule has 0 radical (unpaired) electrons. The van der Waals surface area contributed by atoms with E-state index in [1.807, 2.05) is 16.7 Å². The average molecular weight is 422 g/mol. The van der Waals surface area contributed by atoms with Gasteiger partial charge in [0, 0.05) is 65.4 Å². The lowest BCUT2D eigenvalue weighted by molar-refractivity contribution is 0.0542. The third-order valence-corrected chi connectivity index (χ3v) is 4.55. The zero-order valence-electron chi connectivity index (χ0n) is 19.2. The van der Waals surface area contributed by atoms with E-state index in [4.69, 9.17) is 5.73 Å². The molecule has 0 aromatic heterocycles. The highest BCUT2D eigenvalue weighted by Crippen LogP contribution is 2.00. The van der Waals surface area contributed by atoms with Gasteiger partial charge in [-0.2, -0.15) is 0 Å². The monoisotopic (exact) mass is 421 g/mol. The number of rotatable bonds is 12. The van der Waals surface area contributed by atoms with Gasteiger partial charge in [0.15, 0.2) is 0 Å². The molecule has 7 N–H and O–H groups in total. The molecule has 5 unspecified atom stereocenters. The average Bonchev–Trinajstić information content (AvgIpc) is 2.59.